The third kappa shape index (κ3) is 6.77. The maximum Gasteiger partial charge on any atom is 0.250 e. The number of aromatic nitrogens is 1. The highest BCUT2D eigenvalue weighted by Crippen LogP contribution is 2.26. The van der Waals surface area contributed by atoms with Gasteiger partial charge in [-0.3, -0.25) is 10.1 Å². The fourth-order valence-electron chi connectivity index (χ4n) is 2.91. The maximum atomic E-state index is 12.2. The molecule has 8 heteroatoms. The summed E-state index contributed by atoms with van der Waals surface area (Å²) in [6, 6.07) is 14.7. The number of thiazole rings is 1. The number of sulfone groups is 1. The first-order valence-electron chi connectivity index (χ1n) is 9.77. The molecule has 0 radical (unpaired) electrons. The predicted molar refractivity (Wildman–Crippen MR) is 126 cm³/mol. The molecule has 1 heterocycles. The van der Waals surface area contributed by atoms with E-state index in [4.69, 9.17) is 4.74 Å². The zero-order valence-electron chi connectivity index (χ0n) is 17.4. The molecule has 1 N–H and O–H groups in total. The van der Waals surface area contributed by atoms with Crippen LogP contribution in [0.25, 0.3) is 17.3 Å². The van der Waals surface area contributed by atoms with Gasteiger partial charge in [-0.2, -0.15) is 0 Å². The molecule has 0 fully saturated rings. The Bertz CT molecular complexity index is 1150. The first kappa shape index (κ1) is 22.7. The molecule has 0 atom stereocenters. The van der Waals surface area contributed by atoms with Gasteiger partial charge in [-0.05, 0) is 47.9 Å². The minimum atomic E-state index is -3.07. The van der Waals surface area contributed by atoms with Crippen LogP contribution in [-0.2, 0) is 20.4 Å². The summed E-state index contributed by atoms with van der Waals surface area (Å²) < 4.78 is 29.0. The highest BCUT2D eigenvalue weighted by molar-refractivity contribution is 7.90. The molecule has 0 bridgehead atoms. The van der Waals surface area contributed by atoms with E-state index in [1.165, 1.54) is 17.4 Å². The van der Waals surface area contributed by atoms with Gasteiger partial charge < -0.3 is 4.74 Å². The van der Waals surface area contributed by atoms with Crippen molar-refractivity contribution in [3.8, 4) is 17.0 Å². The monoisotopic (exact) mass is 456 g/mol. The lowest BCUT2D eigenvalue weighted by atomic mass is 10.1. The number of benzene rings is 2. The molecule has 31 heavy (non-hydrogen) atoms. The predicted octanol–water partition coefficient (Wildman–Crippen LogP) is 4.80. The van der Waals surface area contributed by atoms with Gasteiger partial charge in [0.05, 0.1) is 24.3 Å². The Morgan fingerprint density at radius 3 is 2.48 bits per heavy atom. The topological polar surface area (TPSA) is 85.4 Å². The van der Waals surface area contributed by atoms with Gasteiger partial charge in [-0.1, -0.05) is 31.2 Å². The van der Waals surface area contributed by atoms with Crippen LogP contribution in [0.15, 0.2) is 60.0 Å². The van der Waals surface area contributed by atoms with Crippen LogP contribution < -0.4 is 10.1 Å². The minimum Gasteiger partial charge on any atom is -0.497 e. The number of anilines is 1. The Labute approximate surface area is 186 Å². The van der Waals surface area contributed by atoms with E-state index in [-0.39, 0.29) is 17.4 Å². The van der Waals surface area contributed by atoms with Crippen LogP contribution in [-0.4, -0.2) is 32.2 Å². The number of hydrogen-bond donors (Lipinski definition) is 1. The number of carbonyl (C=O) groups excluding carboxylic acids is 1. The lowest BCUT2D eigenvalue weighted by molar-refractivity contribution is -0.111. The zero-order chi connectivity index (χ0) is 22.3. The summed E-state index contributed by atoms with van der Waals surface area (Å²) in [5.74, 6) is 0.705. The van der Waals surface area contributed by atoms with Gasteiger partial charge in [-0.15, -0.1) is 11.3 Å². The van der Waals surface area contributed by atoms with E-state index in [0.717, 1.165) is 28.1 Å². The molecule has 3 rings (SSSR count). The highest BCUT2D eigenvalue weighted by Gasteiger charge is 2.10. The van der Waals surface area contributed by atoms with Crippen molar-refractivity contribution in [1.82, 2.24) is 4.98 Å². The van der Waals surface area contributed by atoms with E-state index in [1.54, 1.807) is 37.5 Å². The average Bonchev–Trinajstić information content (AvgIpc) is 3.21. The molecule has 6 nitrogen and oxygen atoms in total. The number of amides is 1. The molecular weight excluding hydrogens is 432 g/mol. The standard InChI is InChI=1S/C23H24N2O4S2/c1-3-14-31(27,28)16-18-6-4-17(5-7-18)8-13-22(26)25-23-24-21(15-30-23)19-9-11-20(29-2)12-10-19/h4-13,15H,3,14,16H2,1-2H3,(H,24,25,26). The number of carbonyl (C=O) groups is 1. The first-order chi connectivity index (χ1) is 14.9. The minimum absolute atomic E-state index is 0.0336. The van der Waals surface area contributed by atoms with Gasteiger partial charge in [0, 0.05) is 17.0 Å². The van der Waals surface area contributed by atoms with Gasteiger partial charge in [0.25, 0.3) is 0 Å². The Balaban J connectivity index is 1.57. The number of ether oxygens (including phenoxy) is 1. The van der Waals surface area contributed by atoms with Crippen molar-refractivity contribution in [1.29, 1.82) is 0 Å². The second-order valence-electron chi connectivity index (χ2n) is 6.92. The quantitative estimate of drug-likeness (QED) is 0.468. The van der Waals surface area contributed by atoms with Gasteiger partial charge in [0.15, 0.2) is 15.0 Å². The molecule has 162 valence electrons. The third-order valence-electron chi connectivity index (χ3n) is 4.43. The molecule has 0 saturated carbocycles. The largest absolute Gasteiger partial charge is 0.497 e. The summed E-state index contributed by atoms with van der Waals surface area (Å²) in [4.78, 5) is 16.7. The van der Waals surface area contributed by atoms with Crippen molar-refractivity contribution in [2.24, 2.45) is 0 Å². The van der Waals surface area contributed by atoms with Gasteiger partial charge in [-0.25, -0.2) is 13.4 Å². The van der Waals surface area contributed by atoms with E-state index >= 15 is 0 Å². The van der Waals surface area contributed by atoms with Gasteiger partial charge in [0.1, 0.15) is 5.75 Å². The first-order valence-corrected chi connectivity index (χ1v) is 12.5. The highest BCUT2D eigenvalue weighted by atomic mass is 32.2. The van der Waals surface area contributed by atoms with Crippen molar-refractivity contribution in [2.45, 2.75) is 19.1 Å². The number of rotatable bonds is 9. The smallest absolute Gasteiger partial charge is 0.250 e. The van der Waals surface area contributed by atoms with E-state index in [1.807, 2.05) is 36.6 Å². The molecule has 0 aliphatic heterocycles. The van der Waals surface area contributed by atoms with E-state index in [2.05, 4.69) is 10.3 Å². The number of methoxy groups -OCH3 is 1. The maximum absolute atomic E-state index is 12.2. The molecule has 3 aromatic rings. The van der Waals surface area contributed by atoms with Crippen LogP contribution in [0.1, 0.15) is 24.5 Å². The Hall–Kier alpha value is -2.97. The lowest BCUT2D eigenvalue weighted by Gasteiger charge is -2.03. The Morgan fingerprint density at radius 2 is 1.84 bits per heavy atom. The molecule has 2 aromatic carbocycles. The number of nitrogens with one attached hydrogen (secondary N) is 1. The number of nitrogens with zero attached hydrogens (tertiary/aromatic N) is 1. The second-order valence-corrected chi connectivity index (χ2v) is 9.96. The van der Waals surface area contributed by atoms with Crippen molar-refractivity contribution in [2.75, 3.05) is 18.2 Å². The normalized spacial score (nSPS) is 11.5. The molecule has 1 aromatic heterocycles. The van der Waals surface area contributed by atoms with Crippen molar-refractivity contribution < 1.29 is 17.9 Å². The molecule has 0 aliphatic carbocycles. The summed E-state index contributed by atoms with van der Waals surface area (Å²) in [6.07, 6.45) is 3.72. The van der Waals surface area contributed by atoms with Crippen LogP contribution >= 0.6 is 11.3 Å². The molecule has 0 unspecified atom stereocenters. The molecule has 1 amide bonds. The SMILES string of the molecule is CCCS(=O)(=O)Cc1ccc(C=CC(=O)Nc2nc(-c3ccc(OC)cc3)cs2)cc1. The third-order valence-corrected chi connectivity index (χ3v) is 6.99. The summed E-state index contributed by atoms with van der Waals surface area (Å²) in [6.45, 7) is 1.85. The average molecular weight is 457 g/mol. The van der Waals surface area contributed by atoms with Gasteiger partial charge >= 0.3 is 0 Å². The van der Waals surface area contributed by atoms with Crippen molar-refractivity contribution in [3.63, 3.8) is 0 Å². The van der Waals surface area contributed by atoms with Crippen LogP contribution in [0.5, 0.6) is 5.75 Å². The lowest BCUT2D eigenvalue weighted by Crippen LogP contribution is -2.08. The second kappa shape index (κ2) is 10.4. The molecular formula is C23H24N2O4S2. The summed E-state index contributed by atoms with van der Waals surface area (Å²) in [5.41, 5.74) is 3.27. The molecule has 0 aliphatic rings. The van der Waals surface area contributed by atoms with E-state index in [0.29, 0.717) is 11.6 Å². The van der Waals surface area contributed by atoms with Crippen LogP contribution in [0.3, 0.4) is 0 Å². The summed E-state index contributed by atoms with van der Waals surface area (Å²) in [7, 11) is -1.46. The van der Waals surface area contributed by atoms with Crippen LogP contribution in [0.4, 0.5) is 5.13 Å². The molecule has 0 spiro atoms. The van der Waals surface area contributed by atoms with E-state index in [9.17, 15) is 13.2 Å². The summed E-state index contributed by atoms with van der Waals surface area (Å²) in [5, 5.41) is 5.15. The zero-order valence-corrected chi connectivity index (χ0v) is 19.0. The van der Waals surface area contributed by atoms with Crippen LogP contribution in [0.2, 0.25) is 0 Å². The molecule has 0 saturated heterocycles. The van der Waals surface area contributed by atoms with Crippen molar-refractivity contribution in [3.05, 3.63) is 71.1 Å². The Morgan fingerprint density at radius 1 is 1.13 bits per heavy atom. The fourth-order valence-corrected chi connectivity index (χ4v) is 5.10. The fraction of sp³-hybridized carbons (Fsp3) is 0.217. The van der Waals surface area contributed by atoms with Gasteiger partial charge in [0.2, 0.25) is 5.91 Å². The van der Waals surface area contributed by atoms with E-state index < -0.39 is 9.84 Å². The Kier molecular flexibility index (Phi) is 7.59. The van der Waals surface area contributed by atoms with Crippen LogP contribution in [0, 0.1) is 0 Å². The number of hydrogen-bond acceptors (Lipinski definition) is 6. The summed E-state index contributed by atoms with van der Waals surface area (Å²) >= 11 is 1.35. The van der Waals surface area contributed by atoms with Crippen molar-refractivity contribution >= 4 is 38.3 Å².